The lowest BCUT2D eigenvalue weighted by Gasteiger charge is -2.43. The second-order valence-corrected chi connectivity index (χ2v) is 9.94. The predicted molar refractivity (Wildman–Crippen MR) is 133 cm³/mol. The molecule has 2 aliphatic heterocycles. The molecule has 2 aliphatic rings. The number of aromatic nitrogens is 2. The van der Waals surface area contributed by atoms with Crippen molar-refractivity contribution in [2.24, 2.45) is 0 Å². The smallest absolute Gasteiger partial charge is 0.408 e. The molecular weight excluding hydrogens is 430 g/mol. The van der Waals surface area contributed by atoms with Gasteiger partial charge in [-0.2, -0.15) is 5.10 Å². The third-order valence-corrected chi connectivity index (χ3v) is 7.16. The van der Waals surface area contributed by atoms with E-state index in [0.29, 0.717) is 6.42 Å². The van der Waals surface area contributed by atoms with Crippen molar-refractivity contribution in [1.29, 1.82) is 0 Å². The summed E-state index contributed by atoms with van der Waals surface area (Å²) in [5, 5.41) is 14.5. The molecule has 2 aromatic rings. The lowest BCUT2D eigenvalue weighted by atomic mass is 9.88. The molecule has 0 aliphatic carbocycles. The third kappa shape index (κ3) is 4.97. The Balaban J connectivity index is 1.64. The predicted octanol–water partition coefficient (Wildman–Crippen LogP) is 4.61. The Bertz CT molecular complexity index is 1030. The van der Waals surface area contributed by atoms with Crippen LogP contribution in [0.2, 0.25) is 0 Å². The third-order valence-electron chi connectivity index (χ3n) is 7.16. The zero-order valence-corrected chi connectivity index (χ0v) is 20.8. The Morgan fingerprint density at radius 1 is 1.15 bits per heavy atom. The maximum absolute atomic E-state index is 12.5. The molecular formula is C26H37N5O3. The Hall–Kier alpha value is -2.87. The molecule has 2 atom stereocenters. The van der Waals surface area contributed by atoms with Crippen LogP contribution in [0.4, 0.5) is 10.5 Å². The van der Waals surface area contributed by atoms with Gasteiger partial charge in [0.2, 0.25) is 5.91 Å². The fourth-order valence-corrected chi connectivity index (χ4v) is 5.53. The second-order valence-electron chi connectivity index (χ2n) is 9.94. The summed E-state index contributed by atoms with van der Waals surface area (Å²) in [6.45, 7) is 11.5. The van der Waals surface area contributed by atoms with Gasteiger partial charge in [-0.1, -0.05) is 12.5 Å². The number of carbonyl (C=O) groups is 2. The van der Waals surface area contributed by atoms with E-state index in [1.165, 1.54) is 37.3 Å². The van der Waals surface area contributed by atoms with Crippen LogP contribution in [0.25, 0.3) is 11.1 Å². The molecule has 2 amide bonds. The van der Waals surface area contributed by atoms with Crippen molar-refractivity contribution in [2.45, 2.75) is 78.0 Å². The number of amides is 2. The molecule has 0 bridgehead atoms. The molecule has 184 valence electrons. The van der Waals surface area contributed by atoms with Gasteiger partial charge in [-0.25, -0.2) is 4.79 Å². The van der Waals surface area contributed by atoms with E-state index < -0.39 is 6.09 Å². The maximum Gasteiger partial charge on any atom is 0.408 e. The van der Waals surface area contributed by atoms with Crippen molar-refractivity contribution in [3.05, 3.63) is 36.2 Å². The lowest BCUT2D eigenvalue weighted by Crippen LogP contribution is -2.48. The van der Waals surface area contributed by atoms with E-state index >= 15 is 0 Å². The lowest BCUT2D eigenvalue weighted by molar-refractivity contribution is -0.117. The van der Waals surface area contributed by atoms with Gasteiger partial charge in [0.25, 0.3) is 0 Å². The first kappa shape index (κ1) is 24.3. The number of likely N-dealkylation sites (tertiary alicyclic amines) is 1. The quantitative estimate of drug-likeness (QED) is 0.671. The monoisotopic (exact) mass is 467 g/mol. The van der Waals surface area contributed by atoms with E-state index in [9.17, 15) is 14.7 Å². The van der Waals surface area contributed by atoms with Gasteiger partial charge in [-0.15, -0.1) is 0 Å². The molecule has 1 N–H and O–H groups in total. The summed E-state index contributed by atoms with van der Waals surface area (Å²) in [7, 11) is 0. The van der Waals surface area contributed by atoms with Gasteiger partial charge in [-0.05, 0) is 76.4 Å². The molecule has 0 radical (unpaired) electrons. The minimum atomic E-state index is -0.939. The van der Waals surface area contributed by atoms with E-state index in [4.69, 9.17) is 0 Å². The molecule has 0 spiro atoms. The molecule has 4 rings (SSSR count). The Kier molecular flexibility index (Phi) is 7.26. The first-order valence-corrected chi connectivity index (χ1v) is 12.5. The number of carbonyl (C=O) groups excluding carboxylic acids is 1. The van der Waals surface area contributed by atoms with Crippen LogP contribution in [0.5, 0.6) is 0 Å². The summed E-state index contributed by atoms with van der Waals surface area (Å²) in [4.78, 5) is 30.4. The molecule has 0 saturated carbocycles. The standard InChI is InChI=1S/C26H37N5O3/c1-18(2)30(26(33)34)25-14-19(3)31(20(4)32)24-9-8-21(15-23(24)25)22-16-27-29(17-22)13-12-28-10-6-5-7-11-28/h8-9,15-19,25H,5-7,10-14H2,1-4H3,(H,33,34)/t19-,25+/m0/s1. The molecule has 1 aromatic heterocycles. The fraction of sp³-hybridized carbons (Fsp3) is 0.577. The number of anilines is 1. The van der Waals surface area contributed by atoms with Crippen molar-refractivity contribution in [2.75, 3.05) is 24.5 Å². The number of piperidine rings is 1. The van der Waals surface area contributed by atoms with Gasteiger partial charge in [0, 0.05) is 43.0 Å². The van der Waals surface area contributed by atoms with E-state index in [1.54, 1.807) is 11.8 Å². The molecule has 1 aromatic carbocycles. The highest BCUT2D eigenvalue weighted by Gasteiger charge is 2.38. The number of hydrogen-bond donors (Lipinski definition) is 1. The van der Waals surface area contributed by atoms with Gasteiger partial charge in [0.05, 0.1) is 18.8 Å². The molecule has 8 heteroatoms. The van der Waals surface area contributed by atoms with Crippen molar-refractivity contribution in [3.63, 3.8) is 0 Å². The summed E-state index contributed by atoms with van der Waals surface area (Å²) in [6, 6.07) is 5.45. The summed E-state index contributed by atoms with van der Waals surface area (Å²) >= 11 is 0. The first-order valence-electron chi connectivity index (χ1n) is 12.5. The zero-order chi connectivity index (χ0) is 24.4. The second kappa shape index (κ2) is 10.2. The van der Waals surface area contributed by atoms with Crippen LogP contribution in [0, 0.1) is 0 Å². The Morgan fingerprint density at radius 3 is 2.53 bits per heavy atom. The normalized spacial score (nSPS) is 20.9. The molecule has 3 heterocycles. The number of nitrogens with zero attached hydrogens (tertiary/aromatic N) is 5. The average molecular weight is 468 g/mol. The average Bonchev–Trinajstić information content (AvgIpc) is 3.26. The molecule has 1 fully saturated rings. The van der Waals surface area contributed by atoms with Gasteiger partial charge in [-0.3, -0.25) is 14.4 Å². The van der Waals surface area contributed by atoms with E-state index in [2.05, 4.69) is 16.2 Å². The number of benzene rings is 1. The topological polar surface area (TPSA) is 81.9 Å². The van der Waals surface area contributed by atoms with Crippen LogP contribution in [-0.2, 0) is 11.3 Å². The van der Waals surface area contributed by atoms with Crippen LogP contribution in [0.15, 0.2) is 30.6 Å². The SMILES string of the molecule is CC(=O)N1c2ccc(-c3cnn(CCN4CCCCC4)c3)cc2[C@H](N(C(=O)O)C(C)C)C[C@@H]1C. The minimum Gasteiger partial charge on any atom is -0.465 e. The van der Waals surface area contributed by atoms with Crippen LogP contribution in [-0.4, -0.2) is 68.4 Å². The summed E-state index contributed by atoms with van der Waals surface area (Å²) in [5.74, 6) is -0.0306. The highest BCUT2D eigenvalue weighted by molar-refractivity contribution is 5.94. The molecule has 0 unspecified atom stereocenters. The van der Waals surface area contributed by atoms with Crippen LogP contribution in [0.3, 0.4) is 0 Å². The number of hydrogen-bond acceptors (Lipinski definition) is 4. The summed E-state index contributed by atoms with van der Waals surface area (Å²) in [6.07, 6.45) is 7.45. The largest absolute Gasteiger partial charge is 0.465 e. The van der Waals surface area contributed by atoms with Gasteiger partial charge in [0.15, 0.2) is 0 Å². The summed E-state index contributed by atoms with van der Waals surface area (Å²) in [5.41, 5.74) is 3.66. The van der Waals surface area contributed by atoms with Gasteiger partial charge >= 0.3 is 6.09 Å². The van der Waals surface area contributed by atoms with E-state index in [-0.39, 0.29) is 24.0 Å². The Morgan fingerprint density at radius 2 is 1.88 bits per heavy atom. The number of rotatable bonds is 6. The highest BCUT2D eigenvalue weighted by atomic mass is 16.4. The number of fused-ring (bicyclic) bond motifs is 1. The van der Waals surface area contributed by atoms with Crippen LogP contribution >= 0.6 is 0 Å². The minimum absolute atomic E-state index is 0.0306. The highest BCUT2D eigenvalue weighted by Crippen LogP contribution is 2.43. The van der Waals surface area contributed by atoms with Crippen molar-refractivity contribution >= 4 is 17.7 Å². The van der Waals surface area contributed by atoms with Crippen molar-refractivity contribution < 1.29 is 14.7 Å². The van der Waals surface area contributed by atoms with Crippen LogP contribution < -0.4 is 4.90 Å². The maximum atomic E-state index is 12.5. The Labute approximate surface area is 202 Å². The molecule has 8 nitrogen and oxygen atoms in total. The van der Waals surface area contributed by atoms with Crippen molar-refractivity contribution in [3.8, 4) is 11.1 Å². The molecule has 1 saturated heterocycles. The molecule has 34 heavy (non-hydrogen) atoms. The zero-order valence-electron chi connectivity index (χ0n) is 20.8. The van der Waals surface area contributed by atoms with Crippen LogP contribution in [0.1, 0.15) is 65.0 Å². The first-order chi connectivity index (χ1) is 16.3. The fourth-order valence-electron chi connectivity index (χ4n) is 5.53. The van der Waals surface area contributed by atoms with Crippen molar-refractivity contribution in [1.82, 2.24) is 19.6 Å². The van der Waals surface area contributed by atoms with E-state index in [1.807, 2.05) is 49.8 Å². The van der Waals surface area contributed by atoms with Gasteiger partial charge < -0.3 is 14.9 Å². The van der Waals surface area contributed by atoms with E-state index in [0.717, 1.165) is 35.5 Å². The van der Waals surface area contributed by atoms with Gasteiger partial charge in [0.1, 0.15) is 0 Å². The number of carboxylic acid groups (broad SMARTS) is 1. The summed E-state index contributed by atoms with van der Waals surface area (Å²) < 4.78 is 1.99.